The van der Waals surface area contributed by atoms with Gasteiger partial charge in [0, 0.05) is 5.02 Å². The fourth-order valence-electron chi connectivity index (χ4n) is 3.51. The Morgan fingerprint density at radius 1 is 1.09 bits per heavy atom. The predicted octanol–water partition coefficient (Wildman–Crippen LogP) is 3.89. The Kier molecular flexibility index (Phi) is 6.35. The molecule has 4 amide bonds. The van der Waals surface area contributed by atoms with E-state index in [9.17, 15) is 24.0 Å². The number of amides is 4. The van der Waals surface area contributed by atoms with Crippen molar-refractivity contribution in [3.05, 3.63) is 69.6 Å². The van der Waals surface area contributed by atoms with Gasteiger partial charge in [-0.15, -0.1) is 0 Å². The molecule has 2 saturated heterocycles. The third-order valence-corrected chi connectivity index (χ3v) is 6.20. The van der Waals surface area contributed by atoms with Crippen LogP contribution in [0.25, 0.3) is 6.08 Å². The van der Waals surface area contributed by atoms with E-state index >= 15 is 0 Å². The standard InChI is InChI=1S/C23H17ClN2O6S/c1-2-32-22(30)14-5-9-16(10-6-14)25-19(27)12-17(20(25)28)26-21(29)18(33-23(26)31)11-13-3-7-15(24)8-4-13/h3-11,17H,2,12H2,1H3/b18-11-/t17-/m0/s1. The minimum absolute atomic E-state index is 0.153. The summed E-state index contributed by atoms with van der Waals surface area (Å²) in [7, 11) is 0. The van der Waals surface area contributed by atoms with Crippen molar-refractivity contribution in [3.63, 3.8) is 0 Å². The van der Waals surface area contributed by atoms with Crippen molar-refractivity contribution in [1.29, 1.82) is 0 Å². The molecular weight excluding hydrogens is 468 g/mol. The van der Waals surface area contributed by atoms with Crippen LogP contribution >= 0.6 is 23.4 Å². The van der Waals surface area contributed by atoms with Gasteiger partial charge in [-0.3, -0.25) is 24.1 Å². The van der Waals surface area contributed by atoms with E-state index in [2.05, 4.69) is 0 Å². The summed E-state index contributed by atoms with van der Waals surface area (Å²) in [4.78, 5) is 64.9. The summed E-state index contributed by atoms with van der Waals surface area (Å²) in [6.45, 7) is 1.90. The molecule has 0 spiro atoms. The number of thioether (sulfide) groups is 1. The molecule has 0 saturated carbocycles. The number of carbonyl (C=O) groups is 5. The number of ether oxygens (including phenoxy) is 1. The average Bonchev–Trinajstić information content (AvgIpc) is 3.23. The minimum Gasteiger partial charge on any atom is -0.462 e. The molecule has 2 aromatic rings. The first-order chi connectivity index (χ1) is 15.8. The maximum Gasteiger partial charge on any atom is 0.338 e. The second-order valence-corrected chi connectivity index (χ2v) is 8.59. The lowest BCUT2D eigenvalue weighted by molar-refractivity contribution is -0.130. The van der Waals surface area contributed by atoms with Gasteiger partial charge in [0.25, 0.3) is 17.1 Å². The molecule has 0 bridgehead atoms. The predicted molar refractivity (Wildman–Crippen MR) is 123 cm³/mol. The highest BCUT2D eigenvalue weighted by Crippen LogP contribution is 2.37. The van der Waals surface area contributed by atoms with Gasteiger partial charge >= 0.3 is 5.97 Å². The molecule has 0 radical (unpaired) electrons. The number of halogens is 1. The monoisotopic (exact) mass is 484 g/mol. The summed E-state index contributed by atoms with van der Waals surface area (Å²) in [6, 6.07) is 11.2. The highest BCUT2D eigenvalue weighted by molar-refractivity contribution is 8.18. The fourth-order valence-corrected chi connectivity index (χ4v) is 4.51. The van der Waals surface area contributed by atoms with Gasteiger partial charge < -0.3 is 4.74 Å². The van der Waals surface area contributed by atoms with E-state index in [1.165, 1.54) is 30.3 Å². The lowest BCUT2D eigenvalue weighted by Crippen LogP contribution is -2.44. The molecule has 0 unspecified atom stereocenters. The molecule has 0 aromatic heterocycles. The normalized spacial score (nSPS) is 19.7. The topological polar surface area (TPSA) is 101 Å². The molecule has 168 valence electrons. The molecule has 4 rings (SSSR count). The Bertz CT molecular complexity index is 1190. The Morgan fingerprint density at radius 3 is 2.39 bits per heavy atom. The first-order valence-corrected chi connectivity index (χ1v) is 11.2. The number of imide groups is 2. The summed E-state index contributed by atoms with van der Waals surface area (Å²) >= 11 is 6.58. The van der Waals surface area contributed by atoms with Gasteiger partial charge in [-0.05, 0) is 66.7 Å². The summed E-state index contributed by atoms with van der Waals surface area (Å²) < 4.78 is 4.92. The van der Waals surface area contributed by atoms with Gasteiger partial charge in [-0.25, -0.2) is 9.69 Å². The fraction of sp³-hybridized carbons (Fsp3) is 0.174. The summed E-state index contributed by atoms with van der Waals surface area (Å²) in [5.74, 6) is -2.38. The first kappa shape index (κ1) is 22.8. The van der Waals surface area contributed by atoms with Crippen LogP contribution in [0.15, 0.2) is 53.4 Å². The largest absolute Gasteiger partial charge is 0.462 e. The second-order valence-electron chi connectivity index (χ2n) is 7.16. The Morgan fingerprint density at radius 2 is 1.76 bits per heavy atom. The second kappa shape index (κ2) is 9.21. The molecule has 2 aromatic carbocycles. The SMILES string of the molecule is CCOC(=O)c1ccc(N2C(=O)C[C@H](N3C(=O)S/C(=C\c4ccc(Cl)cc4)C3=O)C2=O)cc1. The molecule has 0 aliphatic carbocycles. The van der Waals surface area contributed by atoms with E-state index in [-0.39, 0.29) is 29.2 Å². The molecule has 10 heteroatoms. The Balaban J connectivity index is 1.54. The molecule has 2 aliphatic rings. The van der Waals surface area contributed by atoms with E-state index in [4.69, 9.17) is 16.3 Å². The lowest BCUT2D eigenvalue weighted by Gasteiger charge is -2.20. The molecule has 8 nitrogen and oxygen atoms in total. The van der Waals surface area contributed by atoms with E-state index in [0.29, 0.717) is 22.3 Å². The van der Waals surface area contributed by atoms with E-state index < -0.39 is 35.0 Å². The summed E-state index contributed by atoms with van der Waals surface area (Å²) in [5, 5.41) is -0.0865. The number of rotatable bonds is 5. The molecule has 1 atom stereocenters. The van der Waals surface area contributed by atoms with Gasteiger partial charge in [-0.2, -0.15) is 0 Å². The van der Waals surface area contributed by atoms with Gasteiger partial charge in [0.1, 0.15) is 6.04 Å². The lowest BCUT2D eigenvalue weighted by atomic mass is 10.2. The van der Waals surface area contributed by atoms with Gasteiger partial charge in [0.15, 0.2) is 0 Å². The van der Waals surface area contributed by atoms with E-state index in [0.717, 1.165) is 9.80 Å². The third kappa shape index (κ3) is 4.42. The third-order valence-electron chi connectivity index (χ3n) is 5.06. The van der Waals surface area contributed by atoms with Gasteiger partial charge in [0.2, 0.25) is 5.91 Å². The van der Waals surface area contributed by atoms with Crippen molar-refractivity contribution in [2.75, 3.05) is 11.5 Å². The van der Waals surface area contributed by atoms with Crippen molar-refractivity contribution in [3.8, 4) is 0 Å². The first-order valence-electron chi connectivity index (χ1n) is 9.96. The van der Waals surface area contributed by atoms with Crippen molar-refractivity contribution in [2.45, 2.75) is 19.4 Å². The Hall–Kier alpha value is -3.43. The van der Waals surface area contributed by atoms with Crippen LogP contribution in [0.5, 0.6) is 0 Å². The number of hydrogen-bond donors (Lipinski definition) is 0. The highest BCUT2D eigenvalue weighted by atomic mass is 35.5. The smallest absolute Gasteiger partial charge is 0.338 e. The zero-order valence-corrected chi connectivity index (χ0v) is 18.9. The maximum absolute atomic E-state index is 13.0. The number of anilines is 1. The number of hydrogen-bond acceptors (Lipinski definition) is 7. The molecule has 0 N–H and O–H groups in total. The molecule has 2 fully saturated rings. The number of nitrogens with zero attached hydrogens (tertiary/aromatic N) is 2. The zero-order valence-electron chi connectivity index (χ0n) is 17.3. The van der Waals surface area contributed by atoms with Crippen LogP contribution in [0, 0.1) is 0 Å². The van der Waals surface area contributed by atoms with Crippen LogP contribution in [0.1, 0.15) is 29.3 Å². The zero-order chi connectivity index (χ0) is 23.7. The van der Waals surface area contributed by atoms with Crippen molar-refractivity contribution in [1.82, 2.24) is 4.90 Å². The van der Waals surface area contributed by atoms with Crippen molar-refractivity contribution in [2.24, 2.45) is 0 Å². The number of benzene rings is 2. The van der Waals surface area contributed by atoms with Crippen LogP contribution in [0.2, 0.25) is 5.02 Å². The maximum atomic E-state index is 13.0. The average molecular weight is 485 g/mol. The van der Waals surface area contributed by atoms with Gasteiger partial charge in [0.05, 0.1) is 29.2 Å². The van der Waals surface area contributed by atoms with Crippen LogP contribution in [0.4, 0.5) is 10.5 Å². The minimum atomic E-state index is -1.23. The van der Waals surface area contributed by atoms with Crippen LogP contribution in [-0.4, -0.2) is 46.5 Å². The van der Waals surface area contributed by atoms with Gasteiger partial charge in [-0.1, -0.05) is 23.7 Å². The molecule has 33 heavy (non-hydrogen) atoms. The quantitative estimate of drug-likeness (QED) is 0.360. The van der Waals surface area contributed by atoms with Crippen LogP contribution in [0.3, 0.4) is 0 Å². The van der Waals surface area contributed by atoms with Crippen LogP contribution < -0.4 is 4.90 Å². The highest BCUT2D eigenvalue weighted by Gasteiger charge is 2.50. The number of carbonyl (C=O) groups excluding carboxylic acids is 5. The van der Waals surface area contributed by atoms with Crippen molar-refractivity contribution < 1.29 is 28.7 Å². The summed E-state index contributed by atoms with van der Waals surface area (Å²) in [5.41, 5.74) is 1.18. The van der Waals surface area contributed by atoms with Crippen molar-refractivity contribution >= 4 is 64.1 Å². The Labute approximate surface area is 198 Å². The summed E-state index contributed by atoms with van der Waals surface area (Å²) in [6.07, 6.45) is 1.22. The van der Waals surface area contributed by atoms with Crippen LogP contribution in [-0.2, 0) is 19.1 Å². The van der Waals surface area contributed by atoms with E-state index in [1.807, 2.05) is 0 Å². The number of esters is 1. The van der Waals surface area contributed by atoms with E-state index in [1.54, 1.807) is 31.2 Å². The molecule has 2 aliphatic heterocycles. The molecular formula is C23H17ClN2O6S. The molecule has 2 heterocycles.